The summed E-state index contributed by atoms with van der Waals surface area (Å²) in [6.45, 7) is 11.9. The van der Waals surface area contributed by atoms with Gasteiger partial charge >= 0.3 is 5.97 Å². The first kappa shape index (κ1) is 57.5. The third-order valence-corrected chi connectivity index (χ3v) is 12.0. The maximum absolute atomic E-state index is 14.0. The fraction of sp³-hybridized carbons (Fsp3) is 0.681. The van der Waals surface area contributed by atoms with Crippen molar-refractivity contribution in [2.45, 2.75) is 155 Å². The molecule has 9 atom stereocenters. The van der Waals surface area contributed by atoms with Crippen LogP contribution in [-0.4, -0.2) is 161 Å². The Morgan fingerprint density at radius 1 is 0.836 bits per heavy atom. The van der Waals surface area contributed by atoms with Crippen molar-refractivity contribution in [3.05, 3.63) is 35.9 Å². The lowest BCUT2D eigenvalue weighted by Gasteiger charge is -2.34. The zero-order valence-corrected chi connectivity index (χ0v) is 40.9. The molecule has 9 unspecified atom stereocenters. The van der Waals surface area contributed by atoms with Gasteiger partial charge in [-0.15, -0.1) is 0 Å². The second kappa shape index (κ2) is 27.9. The summed E-state index contributed by atoms with van der Waals surface area (Å²) in [7, 11) is 4.03. The van der Waals surface area contributed by atoms with E-state index < -0.39 is 121 Å². The molecule has 8 N–H and O–H groups in total. The summed E-state index contributed by atoms with van der Waals surface area (Å²) < 4.78 is 4.93. The Hall–Kier alpha value is -5.63. The molecule has 1 aromatic carbocycles. The van der Waals surface area contributed by atoms with Gasteiger partial charge in [0.25, 0.3) is 0 Å². The van der Waals surface area contributed by atoms with E-state index in [2.05, 4.69) is 21.3 Å². The summed E-state index contributed by atoms with van der Waals surface area (Å²) in [6.07, 6.45) is -2.01. The molecule has 2 rings (SSSR count). The lowest BCUT2D eigenvalue weighted by atomic mass is 9.95. The average molecular weight is 945 g/mol. The van der Waals surface area contributed by atoms with Gasteiger partial charge in [-0.2, -0.15) is 0 Å². The smallest absolute Gasteiger partial charge is 0.328 e. The van der Waals surface area contributed by atoms with Crippen LogP contribution in [0.3, 0.4) is 0 Å². The van der Waals surface area contributed by atoms with Gasteiger partial charge in [0, 0.05) is 33.5 Å². The van der Waals surface area contributed by atoms with Crippen molar-refractivity contribution in [2.75, 3.05) is 34.3 Å². The Morgan fingerprint density at radius 3 is 2.01 bits per heavy atom. The number of ether oxygens (including phenoxy) is 1. The van der Waals surface area contributed by atoms with Gasteiger partial charge in [-0.1, -0.05) is 78.3 Å². The fourth-order valence-electron chi connectivity index (χ4n) is 7.93. The van der Waals surface area contributed by atoms with Crippen molar-refractivity contribution in [3.63, 3.8) is 0 Å². The van der Waals surface area contributed by atoms with Crippen LogP contribution < -0.4 is 27.0 Å². The minimum absolute atomic E-state index is 0.0779. The number of likely N-dealkylation sites (tertiary alicyclic amines) is 1. The van der Waals surface area contributed by atoms with Crippen LogP contribution in [0.5, 0.6) is 0 Å². The van der Waals surface area contributed by atoms with E-state index in [0.29, 0.717) is 25.8 Å². The van der Waals surface area contributed by atoms with Crippen LogP contribution in [0.4, 0.5) is 0 Å². The topological polar surface area (TPSA) is 287 Å². The number of nitrogens with one attached hydrogen (secondary N) is 4. The number of carbonyl (C=O) groups excluding carboxylic acids is 9. The SMILES string of the molecule is CCC(C)C(NC(=O)CC(O)C(CC(C)C)NC(=O)C(CCC(N)=O)N(C)C(=O)C(CC(C)C)NC(=O)C(C)O)C(=O)NCC(=O)N(C)C(Cc1ccccc1)C(=O)N1CCCC1C(=O)OC. The number of esters is 1. The van der Waals surface area contributed by atoms with Crippen LogP contribution in [-0.2, 0) is 54.3 Å². The van der Waals surface area contributed by atoms with Crippen molar-refractivity contribution < 1.29 is 58.1 Å². The number of aliphatic hydroxyl groups is 2. The highest BCUT2D eigenvalue weighted by atomic mass is 16.5. The second-order valence-corrected chi connectivity index (χ2v) is 18.4. The quantitative estimate of drug-likeness (QED) is 0.0581. The van der Waals surface area contributed by atoms with Gasteiger partial charge in [-0.3, -0.25) is 38.4 Å². The minimum Gasteiger partial charge on any atom is -0.467 e. The summed E-state index contributed by atoms with van der Waals surface area (Å²) in [5.74, 6) is -6.58. The molecule has 0 bridgehead atoms. The highest BCUT2D eigenvalue weighted by Crippen LogP contribution is 2.23. The highest BCUT2D eigenvalue weighted by molar-refractivity contribution is 5.95. The first-order chi connectivity index (χ1) is 31.4. The number of aliphatic hydroxyl groups excluding tert-OH is 2. The third kappa shape index (κ3) is 18.2. The van der Waals surface area contributed by atoms with E-state index in [-0.39, 0.29) is 43.9 Å². The molecule has 0 saturated carbocycles. The number of hydrogen-bond acceptors (Lipinski definition) is 12. The van der Waals surface area contributed by atoms with Crippen molar-refractivity contribution in [1.29, 1.82) is 0 Å². The Kier molecular flexibility index (Phi) is 23.9. The van der Waals surface area contributed by atoms with E-state index in [9.17, 15) is 53.4 Å². The van der Waals surface area contributed by atoms with Crippen LogP contribution in [0.1, 0.15) is 105 Å². The summed E-state index contributed by atoms with van der Waals surface area (Å²) in [5.41, 5.74) is 6.19. The van der Waals surface area contributed by atoms with Crippen LogP contribution in [0.25, 0.3) is 0 Å². The van der Waals surface area contributed by atoms with E-state index in [1.54, 1.807) is 26.0 Å². The summed E-state index contributed by atoms with van der Waals surface area (Å²) in [5, 5.41) is 31.8. The number of primary amides is 1. The predicted molar refractivity (Wildman–Crippen MR) is 248 cm³/mol. The van der Waals surface area contributed by atoms with Crippen molar-refractivity contribution >= 4 is 53.2 Å². The van der Waals surface area contributed by atoms with E-state index in [0.717, 1.165) is 10.5 Å². The Labute approximate surface area is 394 Å². The number of benzene rings is 1. The first-order valence-electron chi connectivity index (χ1n) is 23.2. The molecule has 20 heteroatoms. The normalized spacial score (nSPS) is 17.2. The Bertz CT molecular complexity index is 1850. The Morgan fingerprint density at radius 2 is 1.46 bits per heavy atom. The largest absolute Gasteiger partial charge is 0.467 e. The molecule has 20 nitrogen and oxygen atoms in total. The van der Waals surface area contributed by atoms with Gasteiger partial charge < -0.3 is 56.7 Å². The van der Waals surface area contributed by atoms with Crippen molar-refractivity contribution in [3.8, 4) is 0 Å². The average Bonchev–Trinajstić information content (AvgIpc) is 3.77. The van der Waals surface area contributed by atoms with Crippen LogP contribution >= 0.6 is 0 Å². The molecule has 8 amide bonds. The number of rotatable bonds is 27. The zero-order valence-electron chi connectivity index (χ0n) is 40.9. The number of hydrogen-bond donors (Lipinski definition) is 7. The predicted octanol–water partition coefficient (Wildman–Crippen LogP) is 0.153. The second-order valence-electron chi connectivity index (χ2n) is 18.4. The van der Waals surface area contributed by atoms with Gasteiger partial charge in [-0.25, -0.2) is 4.79 Å². The van der Waals surface area contributed by atoms with Gasteiger partial charge in [0.15, 0.2) is 0 Å². The van der Waals surface area contributed by atoms with Crippen molar-refractivity contribution in [2.24, 2.45) is 23.5 Å². The molecule has 1 saturated heterocycles. The number of nitrogens with zero attached hydrogens (tertiary/aromatic N) is 3. The van der Waals surface area contributed by atoms with E-state index in [1.165, 1.54) is 37.9 Å². The molecular weight excluding hydrogens is 869 g/mol. The molecule has 0 aliphatic carbocycles. The number of nitrogens with two attached hydrogens (primary N) is 1. The van der Waals surface area contributed by atoms with Gasteiger partial charge in [0.05, 0.1) is 32.2 Å². The van der Waals surface area contributed by atoms with Crippen molar-refractivity contribution in [1.82, 2.24) is 36.0 Å². The zero-order chi connectivity index (χ0) is 50.7. The lowest BCUT2D eigenvalue weighted by molar-refractivity contribution is -0.154. The highest BCUT2D eigenvalue weighted by Gasteiger charge is 2.41. The van der Waals surface area contributed by atoms with E-state index in [4.69, 9.17) is 10.5 Å². The van der Waals surface area contributed by atoms with Crippen LogP contribution in [0.15, 0.2) is 30.3 Å². The molecule has 1 heterocycles. The molecule has 67 heavy (non-hydrogen) atoms. The van der Waals surface area contributed by atoms with Gasteiger partial charge in [-0.05, 0) is 62.3 Å². The Balaban J connectivity index is 2.26. The fourth-order valence-corrected chi connectivity index (χ4v) is 7.93. The molecule has 376 valence electrons. The lowest BCUT2D eigenvalue weighted by Crippen LogP contribution is -2.58. The van der Waals surface area contributed by atoms with E-state index in [1.807, 2.05) is 45.9 Å². The third-order valence-electron chi connectivity index (χ3n) is 12.0. The molecule has 1 fully saturated rings. The first-order valence-corrected chi connectivity index (χ1v) is 23.2. The maximum atomic E-state index is 14.0. The van der Waals surface area contributed by atoms with Crippen LogP contribution in [0, 0.1) is 17.8 Å². The monoisotopic (exact) mass is 945 g/mol. The molecule has 1 aliphatic heterocycles. The van der Waals surface area contributed by atoms with E-state index >= 15 is 0 Å². The summed E-state index contributed by atoms with van der Waals surface area (Å²) in [4.78, 5) is 123. The van der Waals surface area contributed by atoms with Crippen LogP contribution in [0.2, 0.25) is 0 Å². The molecule has 1 aliphatic rings. The standard InChI is InChI=1S/C47H76N8O12/c1-11-29(6)41(44(63)49-26-40(60)53(8)36(24-31-16-13-12-14-17-31)46(65)55-21-15-18-35(55)47(66)67-10)52-39(59)25-37(57)32(22-27(2)3)50-43(62)34(19-20-38(48)58)54(9)45(64)33(23-28(4)5)51-42(61)30(7)56/h12-14,16-17,27-30,32-37,41,56-57H,11,15,18-26H2,1-10H3,(H2,48,58)(H,49,63)(H,50,62)(H,51,61)(H,52,59). The maximum Gasteiger partial charge on any atom is 0.328 e. The van der Waals surface area contributed by atoms with Gasteiger partial charge in [0.2, 0.25) is 47.3 Å². The molecule has 0 aromatic heterocycles. The number of methoxy groups -OCH3 is 1. The molecule has 1 aromatic rings. The molecule has 0 radical (unpaired) electrons. The number of likely N-dealkylation sites (N-methyl/N-ethyl adjacent to an activating group) is 2. The molecular formula is C47H76N8O12. The summed E-state index contributed by atoms with van der Waals surface area (Å²) >= 11 is 0. The number of carbonyl (C=O) groups is 9. The van der Waals surface area contributed by atoms with Gasteiger partial charge in [0.1, 0.15) is 36.3 Å². The molecule has 0 spiro atoms. The number of amides is 8. The summed E-state index contributed by atoms with van der Waals surface area (Å²) in [6, 6.07) is 2.65. The minimum atomic E-state index is -1.49.